The average Bonchev–Trinajstić information content (AvgIpc) is 3.39. The van der Waals surface area contributed by atoms with E-state index >= 15 is 0 Å². The highest BCUT2D eigenvalue weighted by atomic mass is 127. The van der Waals surface area contributed by atoms with E-state index < -0.39 is 0 Å². The van der Waals surface area contributed by atoms with E-state index in [0.29, 0.717) is 12.5 Å². The van der Waals surface area contributed by atoms with Gasteiger partial charge >= 0.3 is 0 Å². The van der Waals surface area contributed by atoms with Crippen molar-refractivity contribution < 1.29 is 4.79 Å². The molecule has 3 N–H and O–H groups in total. The van der Waals surface area contributed by atoms with Crippen LogP contribution in [0.1, 0.15) is 58.8 Å². The summed E-state index contributed by atoms with van der Waals surface area (Å²) < 4.78 is 0. The molecule has 1 aliphatic heterocycles. The minimum absolute atomic E-state index is 0. The first-order chi connectivity index (χ1) is 11.5. The molecule has 146 valence electrons. The number of hydrogen-bond donors (Lipinski definition) is 3. The molecule has 1 saturated heterocycles. The van der Waals surface area contributed by atoms with Crippen molar-refractivity contribution in [2.24, 2.45) is 4.99 Å². The summed E-state index contributed by atoms with van der Waals surface area (Å²) in [5.41, 5.74) is 0.127. The van der Waals surface area contributed by atoms with Gasteiger partial charge in [-0.1, -0.05) is 6.42 Å². The number of rotatable bonds is 8. The maximum Gasteiger partial charge on any atom is 0.220 e. The number of likely N-dealkylation sites (tertiary alicyclic amines) is 1. The van der Waals surface area contributed by atoms with E-state index in [1.165, 1.54) is 32.4 Å². The van der Waals surface area contributed by atoms with Crippen LogP contribution in [0.5, 0.6) is 0 Å². The third-order valence-corrected chi connectivity index (χ3v) is 4.94. The van der Waals surface area contributed by atoms with Gasteiger partial charge in [0.1, 0.15) is 0 Å². The Balaban J connectivity index is 0.00000312. The third-order valence-electron chi connectivity index (χ3n) is 4.94. The normalized spacial score (nSPS) is 19.1. The van der Waals surface area contributed by atoms with Crippen molar-refractivity contribution in [3.63, 3.8) is 0 Å². The first-order valence-corrected chi connectivity index (χ1v) is 9.50. The van der Waals surface area contributed by atoms with E-state index in [0.717, 1.165) is 38.3 Å². The first kappa shape index (κ1) is 22.5. The molecular weight excluding hydrogens is 429 g/mol. The number of carbonyl (C=O) groups excluding carboxylic acids is 1. The number of carbonyl (C=O) groups is 1. The second-order valence-corrected chi connectivity index (χ2v) is 7.66. The van der Waals surface area contributed by atoms with Crippen LogP contribution in [0.15, 0.2) is 4.99 Å². The summed E-state index contributed by atoms with van der Waals surface area (Å²) in [6, 6.07) is 0.455. The minimum atomic E-state index is 0. The molecule has 0 aromatic rings. The maximum atomic E-state index is 11.6. The number of nitrogens with zero attached hydrogens (tertiary/aromatic N) is 2. The highest BCUT2D eigenvalue weighted by Crippen LogP contribution is 2.20. The Morgan fingerprint density at radius 3 is 2.44 bits per heavy atom. The van der Waals surface area contributed by atoms with Gasteiger partial charge in [-0.25, -0.2) is 0 Å². The quantitative estimate of drug-likeness (QED) is 0.222. The van der Waals surface area contributed by atoms with Gasteiger partial charge in [-0.3, -0.25) is 14.7 Å². The lowest BCUT2D eigenvalue weighted by atomic mass is 9.98. The number of nitrogens with one attached hydrogen (secondary N) is 3. The van der Waals surface area contributed by atoms with Crippen LogP contribution in [-0.2, 0) is 4.79 Å². The summed E-state index contributed by atoms with van der Waals surface area (Å²) in [7, 11) is 1.79. The molecule has 6 nitrogen and oxygen atoms in total. The van der Waals surface area contributed by atoms with E-state index in [1.54, 1.807) is 7.05 Å². The largest absolute Gasteiger partial charge is 0.356 e. The smallest absolute Gasteiger partial charge is 0.220 e. The molecule has 25 heavy (non-hydrogen) atoms. The zero-order valence-corrected chi connectivity index (χ0v) is 18.4. The minimum Gasteiger partial charge on any atom is -0.356 e. The number of halogens is 1. The fourth-order valence-electron chi connectivity index (χ4n) is 3.11. The number of hydrogen-bond acceptors (Lipinski definition) is 3. The van der Waals surface area contributed by atoms with Crippen molar-refractivity contribution in [1.82, 2.24) is 20.9 Å². The summed E-state index contributed by atoms with van der Waals surface area (Å²) in [6.07, 6.45) is 7.67. The Hall–Kier alpha value is -0.570. The molecule has 0 aromatic heterocycles. The third kappa shape index (κ3) is 8.57. The Morgan fingerprint density at radius 2 is 1.84 bits per heavy atom. The second-order valence-electron chi connectivity index (χ2n) is 7.66. The Bertz CT molecular complexity index is 431. The molecule has 0 aromatic carbocycles. The predicted molar refractivity (Wildman–Crippen MR) is 115 cm³/mol. The molecule has 0 unspecified atom stereocenters. The maximum absolute atomic E-state index is 11.6. The molecule has 1 amide bonds. The van der Waals surface area contributed by atoms with Crippen molar-refractivity contribution in [3.8, 4) is 0 Å². The Kier molecular flexibility index (Phi) is 10.1. The molecule has 0 spiro atoms. The highest BCUT2D eigenvalue weighted by molar-refractivity contribution is 14.0. The van der Waals surface area contributed by atoms with Gasteiger partial charge in [0.15, 0.2) is 5.96 Å². The predicted octanol–water partition coefficient (Wildman–Crippen LogP) is 2.09. The van der Waals surface area contributed by atoms with Crippen molar-refractivity contribution in [1.29, 1.82) is 0 Å². The van der Waals surface area contributed by atoms with Gasteiger partial charge in [0.2, 0.25) is 5.91 Å². The number of aliphatic imine (C=N–C) groups is 1. The molecular formula is C18H36IN5O. The molecule has 0 bridgehead atoms. The van der Waals surface area contributed by atoms with Gasteiger partial charge in [-0.15, -0.1) is 24.0 Å². The lowest BCUT2D eigenvalue weighted by Crippen LogP contribution is -2.54. The topological polar surface area (TPSA) is 68.8 Å². The van der Waals surface area contributed by atoms with E-state index in [-0.39, 0.29) is 35.4 Å². The molecule has 1 saturated carbocycles. The van der Waals surface area contributed by atoms with E-state index in [2.05, 4.69) is 39.7 Å². The molecule has 0 atom stereocenters. The molecule has 1 heterocycles. The van der Waals surface area contributed by atoms with Crippen molar-refractivity contribution in [3.05, 3.63) is 0 Å². The second kappa shape index (κ2) is 11.2. The van der Waals surface area contributed by atoms with Gasteiger partial charge in [-0.2, -0.15) is 0 Å². The summed E-state index contributed by atoms with van der Waals surface area (Å²) in [5.74, 6) is 0.996. The van der Waals surface area contributed by atoms with Crippen molar-refractivity contribution in [2.75, 3.05) is 33.2 Å². The van der Waals surface area contributed by atoms with Gasteiger partial charge < -0.3 is 16.0 Å². The molecule has 1 aliphatic carbocycles. The number of piperidine rings is 1. The van der Waals surface area contributed by atoms with Gasteiger partial charge in [0.25, 0.3) is 0 Å². The van der Waals surface area contributed by atoms with Crippen LogP contribution in [0.25, 0.3) is 0 Å². The molecule has 7 heteroatoms. The SMILES string of the molecule is CN=C(NCCCC(=O)NC1CC1)NCC(C)(C)N1CCCCC1.I. The van der Waals surface area contributed by atoms with Crippen LogP contribution in [0.2, 0.25) is 0 Å². The van der Waals surface area contributed by atoms with Gasteiger partial charge in [-0.05, 0) is 59.0 Å². The van der Waals surface area contributed by atoms with Crippen LogP contribution in [0, 0.1) is 0 Å². The summed E-state index contributed by atoms with van der Waals surface area (Å²) in [6.45, 7) is 8.60. The summed E-state index contributed by atoms with van der Waals surface area (Å²) in [4.78, 5) is 18.5. The fraction of sp³-hybridized carbons (Fsp3) is 0.889. The van der Waals surface area contributed by atoms with Crippen molar-refractivity contribution in [2.45, 2.75) is 70.4 Å². The number of amides is 1. The van der Waals surface area contributed by atoms with E-state index in [1.807, 2.05) is 0 Å². The Labute approximate surface area is 170 Å². The zero-order chi connectivity index (χ0) is 17.4. The Morgan fingerprint density at radius 1 is 1.16 bits per heavy atom. The van der Waals surface area contributed by atoms with Crippen molar-refractivity contribution >= 4 is 35.8 Å². The van der Waals surface area contributed by atoms with E-state index in [9.17, 15) is 4.79 Å². The highest BCUT2D eigenvalue weighted by Gasteiger charge is 2.28. The van der Waals surface area contributed by atoms with Crippen LogP contribution < -0.4 is 16.0 Å². The molecule has 2 rings (SSSR count). The lowest BCUT2D eigenvalue weighted by Gasteiger charge is -2.41. The first-order valence-electron chi connectivity index (χ1n) is 9.50. The van der Waals surface area contributed by atoms with Crippen LogP contribution in [0.4, 0.5) is 0 Å². The molecule has 0 radical (unpaired) electrons. The number of guanidine groups is 1. The monoisotopic (exact) mass is 465 g/mol. The lowest BCUT2D eigenvalue weighted by molar-refractivity contribution is -0.121. The van der Waals surface area contributed by atoms with Crippen LogP contribution in [0.3, 0.4) is 0 Å². The fourth-order valence-corrected chi connectivity index (χ4v) is 3.11. The van der Waals surface area contributed by atoms with Gasteiger partial charge in [0, 0.05) is 38.1 Å². The van der Waals surface area contributed by atoms with Crippen LogP contribution >= 0.6 is 24.0 Å². The summed E-state index contributed by atoms with van der Waals surface area (Å²) in [5, 5.41) is 9.76. The standard InChI is InChI=1S/C18H35N5O.HI/c1-18(2,23-12-5-4-6-13-23)14-21-17(19-3)20-11-7-8-16(24)22-15-9-10-15;/h15H,4-14H2,1-3H3,(H,22,24)(H2,19,20,21);1H. The van der Waals surface area contributed by atoms with E-state index in [4.69, 9.17) is 0 Å². The van der Waals surface area contributed by atoms with Crippen LogP contribution in [-0.4, -0.2) is 61.6 Å². The summed E-state index contributed by atoms with van der Waals surface area (Å²) >= 11 is 0. The molecule has 2 aliphatic rings. The molecule has 2 fully saturated rings. The van der Waals surface area contributed by atoms with Gasteiger partial charge in [0.05, 0.1) is 0 Å². The zero-order valence-electron chi connectivity index (χ0n) is 16.1. The average molecular weight is 465 g/mol.